The fourth-order valence-electron chi connectivity index (χ4n) is 2.68. The normalized spacial score (nSPS) is 11.5. The molecule has 0 atom stereocenters. The van der Waals surface area contributed by atoms with Crippen molar-refractivity contribution in [3.05, 3.63) is 72.1 Å². The van der Waals surface area contributed by atoms with E-state index >= 15 is 0 Å². The number of pyridine rings is 1. The molecule has 3 aromatic rings. The summed E-state index contributed by atoms with van der Waals surface area (Å²) in [6.45, 7) is -0.0606. The van der Waals surface area contributed by atoms with Gasteiger partial charge in [-0.15, -0.1) is 0 Å². The van der Waals surface area contributed by atoms with Gasteiger partial charge < -0.3 is 5.11 Å². The summed E-state index contributed by atoms with van der Waals surface area (Å²) in [6, 6.07) is 13.0. The van der Waals surface area contributed by atoms with Gasteiger partial charge in [0, 0.05) is 23.2 Å². The molecule has 1 heterocycles. The Kier molecular flexibility index (Phi) is 4.31. The van der Waals surface area contributed by atoms with E-state index in [2.05, 4.69) is 4.98 Å². The number of hydrogen-bond donors (Lipinski definition) is 1. The number of carboxylic acid groups (broad SMARTS) is 1. The molecular formula is C18H13F3N2O2. The highest BCUT2D eigenvalue weighted by molar-refractivity contribution is 6.02. The second-order valence-electron chi connectivity index (χ2n) is 5.41. The molecule has 0 aliphatic carbocycles. The van der Waals surface area contributed by atoms with Crippen LogP contribution in [-0.4, -0.2) is 16.2 Å². The van der Waals surface area contributed by atoms with Gasteiger partial charge in [0.25, 0.3) is 0 Å². The maximum absolute atomic E-state index is 13.4. The molecule has 0 bridgehead atoms. The zero-order chi connectivity index (χ0) is 18.0. The third-order valence-electron chi connectivity index (χ3n) is 3.77. The number of aromatic nitrogens is 1. The van der Waals surface area contributed by atoms with Crippen LogP contribution in [0.1, 0.15) is 11.1 Å². The molecule has 0 fully saturated rings. The van der Waals surface area contributed by atoms with Crippen molar-refractivity contribution < 1.29 is 23.1 Å². The molecule has 0 aliphatic rings. The van der Waals surface area contributed by atoms with E-state index in [-0.39, 0.29) is 23.0 Å². The molecule has 1 N–H and O–H groups in total. The molecule has 1 aromatic heterocycles. The Morgan fingerprint density at radius 1 is 1.04 bits per heavy atom. The summed E-state index contributed by atoms with van der Waals surface area (Å²) in [6.07, 6.45) is -3.97. The first-order valence-electron chi connectivity index (χ1n) is 7.36. The molecule has 0 aliphatic heterocycles. The van der Waals surface area contributed by atoms with Crippen molar-refractivity contribution in [3.8, 4) is 0 Å². The zero-order valence-corrected chi connectivity index (χ0v) is 12.9. The first kappa shape index (κ1) is 16.8. The van der Waals surface area contributed by atoms with Crippen molar-refractivity contribution in [2.45, 2.75) is 12.7 Å². The van der Waals surface area contributed by atoms with E-state index < -0.39 is 17.8 Å². The van der Waals surface area contributed by atoms with E-state index in [1.807, 2.05) is 0 Å². The average molecular weight is 346 g/mol. The SMILES string of the molecule is O=C(O)N(Cc1ccccc1)c1cccc2cncc(C(F)(F)F)c12. The predicted molar refractivity (Wildman–Crippen MR) is 87.4 cm³/mol. The monoisotopic (exact) mass is 346 g/mol. The molecule has 128 valence electrons. The zero-order valence-electron chi connectivity index (χ0n) is 12.9. The minimum atomic E-state index is -4.64. The average Bonchev–Trinajstić information content (AvgIpc) is 2.58. The number of fused-ring (bicyclic) bond motifs is 1. The quantitative estimate of drug-likeness (QED) is 0.731. The van der Waals surface area contributed by atoms with E-state index in [4.69, 9.17) is 0 Å². The molecule has 7 heteroatoms. The first-order valence-corrected chi connectivity index (χ1v) is 7.36. The number of amides is 1. The van der Waals surface area contributed by atoms with Gasteiger partial charge in [0.05, 0.1) is 17.8 Å². The summed E-state index contributed by atoms with van der Waals surface area (Å²) in [5.41, 5.74) is -0.312. The molecule has 0 saturated heterocycles. The van der Waals surface area contributed by atoms with E-state index in [1.54, 1.807) is 30.3 Å². The number of anilines is 1. The lowest BCUT2D eigenvalue weighted by Gasteiger charge is -2.23. The predicted octanol–water partition coefficient (Wildman–Crippen LogP) is 4.94. The molecule has 0 unspecified atom stereocenters. The van der Waals surface area contributed by atoms with Gasteiger partial charge in [-0.05, 0) is 11.6 Å². The van der Waals surface area contributed by atoms with E-state index in [1.165, 1.54) is 24.4 Å². The Morgan fingerprint density at radius 3 is 2.40 bits per heavy atom. The molecule has 1 amide bonds. The highest BCUT2D eigenvalue weighted by atomic mass is 19.4. The largest absolute Gasteiger partial charge is 0.465 e. The molecule has 0 spiro atoms. The summed E-state index contributed by atoms with van der Waals surface area (Å²) in [7, 11) is 0. The number of carbonyl (C=O) groups is 1. The van der Waals surface area contributed by atoms with Crippen LogP contribution in [0.15, 0.2) is 60.9 Å². The summed E-state index contributed by atoms with van der Waals surface area (Å²) in [5.74, 6) is 0. The molecule has 2 aromatic carbocycles. The molecule has 0 saturated carbocycles. The number of hydrogen-bond acceptors (Lipinski definition) is 2. The van der Waals surface area contributed by atoms with Gasteiger partial charge in [-0.1, -0.05) is 42.5 Å². The van der Waals surface area contributed by atoms with E-state index in [9.17, 15) is 23.1 Å². The Bertz CT molecular complexity index is 906. The highest BCUT2D eigenvalue weighted by Gasteiger charge is 2.35. The standard InChI is InChI=1S/C18H13F3N2O2/c19-18(20,21)14-10-22-9-13-7-4-8-15(16(13)14)23(17(24)25)11-12-5-2-1-3-6-12/h1-10H,11H2,(H,24,25). The van der Waals surface area contributed by atoms with Crippen molar-refractivity contribution in [2.24, 2.45) is 0 Å². The van der Waals surface area contributed by atoms with Crippen LogP contribution in [0.2, 0.25) is 0 Å². The summed E-state index contributed by atoms with van der Waals surface area (Å²) in [5, 5.41) is 9.62. The van der Waals surface area contributed by atoms with Crippen molar-refractivity contribution in [2.75, 3.05) is 4.90 Å². The Morgan fingerprint density at radius 2 is 1.76 bits per heavy atom. The van der Waals surface area contributed by atoms with Crippen molar-refractivity contribution in [1.82, 2.24) is 4.98 Å². The van der Waals surface area contributed by atoms with Crippen LogP contribution in [0.4, 0.5) is 23.7 Å². The lowest BCUT2D eigenvalue weighted by molar-refractivity contribution is -0.136. The van der Waals surface area contributed by atoms with Gasteiger partial charge in [-0.3, -0.25) is 9.88 Å². The van der Waals surface area contributed by atoms with Gasteiger partial charge in [-0.25, -0.2) is 4.79 Å². The summed E-state index contributed by atoms with van der Waals surface area (Å²) in [4.78, 5) is 16.3. The van der Waals surface area contributed by atoms with Gasteiger partial charge in [-0.2, -0.15) is 13.2 Å². The second kappa shape index (κ2) is 6.43. The number of rotatable bonds is 3. The fraction of sp³-hybridized carbons (Fsp3) is 0.111. The second-order valence-corrected chi connectivity index (χ2v) is 5.41. The molecule has 25 heavy (non-hydrogen) atoms. The lowest BCUT2D eigenvalue weighted by atomic mass is 10.0. The van der Waals surface area contributed by atoms with Gasteiger partial charge in [0.2, 0.25) is 0 Å². The molecular weight excluding hydrogens is 333 g/mol. The number of alkyl halides is 3. The van der Waals surface area contributed by atoms with Gasteiger partial charge >= 0.3 is 12.3 Å². The van der Waals surface area contributed by atoms with E-state index in [0.29, 0.717) is 11.8 Å². The van der Waals surface area contributed by atoms with Crippen molar-refractivity contribution >= 4 is 22.6 Å². The first-order chi connectivity index (χ1) is 11.9. The van der Waals surface area contributed by atoms with Crippen molar-refractivity contribution in [3.63, 3.8) is 0 Å². The number of halogens is 3. The van der Waals surface area contributed by atoms with Crippen LogP contribution < -0.4 is 4.90 Å². The third kappa shape index (κ3) is 3.40. The van der Waals surface area contributed by atoms with Gasteiger partial charge in [0.1, 0.15) is 0 Å². The van der Waals surface area contributed by atoms with E-state index in [0.717, 1.165) is 4.90 Å². The minimum Gasteiger partial charge on any atom is -0.465 e. The lowest BCUT2D eigenvalue weighted by Crippen LogP contribution is -2.29. The smallest absolute Gasteiger partial charge is 0.418 e. The Hall–Kier alpha value is -3.09. The van der Waals surface area contributed by atoms with Crippen molar-refractivity contribution in [1.29, 1.82) is 0 Å². The fourth-order valence-corrected chi connectivity index (χ4v) is 2.68. The highest BCUT2D eigenvalue weighted by Crippen LogP contribution is 2.39. The number of benzene rings is 2. The van der Waals surface area contributed by atoms with Crippen LogP contribution in [0, 0.1) is 0 Å². The van der Waals surface area contributed by atoms with Crippen LogP contribution in [0.3, 0.4) is 0 Å². The molecule has 4 nitrogen and oxygen atoms in total. The van der Waals surface area contributed by atoms with Crippen LogP contribution >= 0.6 is 0 Å². The van der Waals surface area contributed by atoms with Crippen LogP contribution in [-0.2, 0) is 12.7 Å². The minimum absolute atomic E-state index is 0.0245. The van der Waals surface area contributed by atoms with Crippen LogP contribution in [0.5, 0.6) is 0 Å². The Labute approximate surface area is 141 Å². The third-order valence-corrected chi connectivity index (χ3v) is 3.77. The maximum atomic E-state index is 13.4. The summed E-state index contributed by atoms with van der Waals surface area (Å²) >= 11 is 0. The molecule has 3 rings (SSSR count). The Balaban J connectivity index is 2.20. The topological polar surface area (TPSA) is 53.4 Å². The molecule has 0 radical (unpaired) electrons. The maximum Gasteiger partial charge on any atom is 0.418 e. The van der Waals surface area contributed by atoms with Crippen LogP contribution in [0.25, 0.3) is 10.8 Å². The summed E-state index contributed by atoms with van der Waals surface area (Å²) < 4.78 is 40.1. The van der Waals surface area contributed by atoms with Gasteiger partial charge in [0.15, 0.2) is 0 Å². The number of nitrogens with zero attached hydrogens (tertiary/aromatic N) is 2.